The minimum absolute atomic E-state index is 0.105. The lowest BCUT2D eigenvalue weighted by atomic mass is 9.93. The smallest absolute Gasteiger partial charge is 0.435 e. The fourth-order valence-electron chi connectivity index (χ4n) is 0.790. The van der Waals surface area contributed by atoms with Crippen molar-refractivity contribution in [3.05, 3.63) is 11.9 Å². The van der Waals surface area contributed by atoms with E-state index >= 15 is 0 Å². The van der Waals surface area contributed by atoms with E-state index in [-0.39, 0.29) is 5.41 Å². The average Bonchev–Trinajstić information content (AvgIpc) is 2.50. The molecular weight excluding hydrogens is 170 g/mol. The van der Waals surface area contributed by atoms with E-state index in [1.807, 2.05) is 20.8 Å². The van der Waals surface area contributed by atoms with Gasteiger partial charge in [0.15, 0.2) is 0 Å². The molecule has 0 radical (unpaired) electrons. The molecule has 1 aromatic rings. The van der Waals surface area contributed by atoms with E-state index in [0.29, 0.717) is 0 Å². The third kappa shape index (κ3) is 2.05. The Balaban J connectivity index is 2.93. The van der Waals surface area contributed by atoms with Crippen LogP contribution in [0.4, 0.5) is 4.79 Å². The lowest BCUT2D eigenvalue weighted by Crippen LogP contribution is -2.13. The number of ether oxygens (including phenoxy) is 1. The molecule has 1 heterocycles. The lowest BCUT2D eigenvalue weighted by Gasteiger charge is -2.12. The van der Waals surface area contributed by atoms with Crippen molar-refractivity contribution < 1.29 is 9.53 Å². The van der Waals surface area contributed by atoms with Gasteiger partial charge in [-0.15, -0.1) is 5.10 Å². The van der Waals surface area contributed by atoms with Crippen LogP contribution in [-0.4, -0.2) is 28.2 Å². The molecule has 13 heavy (non-hydrogen) atoms. The highest BCUT2D eigenvalue weighted by atomic mass is 16.5. The number of hydrogen-bond donors (Lipinski definition) is 0. The van der Waals surface area contributed by atoms with Gasteiger partial charge in [-0.3, -0.25) is 0 Å². The molecular formula is C8H13N3O2. The Hall–Kier alpha value is -1.39. The first-order chi connectivity index (χ1) is 5.95. The van der Waals surface area contributed by atoms with E-state index in [1.165, 1.54) is 7.11 Å². The molecule has 72 valence electrons. The summed E-state index contributed by atoms with van der Waals surface area (Å²) in [5, 5.41) is 7.51. The van der Waals surface area contributed by atoms with Crippen LogP contribution in [0, 0.1) is 0 Å². The number of methoxy groups -OCH3 is 1. The zero-order valence-corrected chi connectivity index (χ0v) is 8.24. The second-order valence-corrected chi connectivity index (χ2v) is 3.77. The highest BCUT2D eigenvalue weighted by molar-refractivity contribution is 5.68. The number of carbonyl (C=O) groups excluding carboxylic acids is 1. The largest absolute Gasteiger partial charge is 0.451 e. The number of aromatic nitrogens is 3. The summed E-state index contributed by atoms with van der Waals surface area (Å²) in [7, 11) is 1.31. The molecule has 0 aliphatic heterocycles. The van der Waals surface area contributed by atoms with Gasteiger partial charge < -0.3 is 4.74 Å². The van der Waals surface area contributed by atoms with Crippen LogP contribution in [0.3, 0.4) is 0 Å². The fraction of sp³-hybridized carbons (Fsp3) is 0.625. The van der Waals surface area contributed by atoms with Gasteiger partial charge in [0.05, 0.1) is 19.0 Å². The maximum Gasteiger partial charge on any atom is 0.435 e. The van der Waals surface area contributed by atoms with Gasteiger partial charge in [-0.2, -0.15) is 4.68 Å². The van der Waals surface area contributed by atoms with Gasteiger partial charge in [-0.05, 0) is 0 Å². The number of nitrogens with zero attached hydrogens (tertiary/aromatic N) is 3. The van der Waals surface area contributed by atoms with E-state index in [1.54, 1.807) is 6.20 Å². The van der Waals surface area contributed by atoms with Crippen molar-refractivity contribution in [1.29, 1.82) is 0 Å². The Morgan fingerprint density at radius 2 is 2.15 bits per heavy atom. The summed E-state index contributed by atoms with van der Waals surface area (Å²) in [6.07, 6.45) is 1.05. The molecule has 0 aromatic carbocycles. The Kier molecular flexibility index (Phi) is 2.36. The predicted molar refractivity (Wildman–Crippen MR) is 46.5 cm³/mol. The SMILES string of the molecule is COC(=O)n1cc(C(C)(C)C)nn1. The number of rotatable bonds is 0. The molecule has 0 saturated carbocycles. The van der Waals surface area contributed by atoms with Crippen LogP contribution in [0.25, 0.3) is 0 Å². The first-order valence-electron chi connectivity index (χ1n) is 3.96. The predicted octanol–water partition coefficient (Wildman–Crippen LogP) is 1.19. The summed E-state index contributed by atoms with van der Waals surface area (Å²) in [6, 6.07) is 0. The summed E-state index contributed by atoms with van der Waals surface area (Å²) in [6.45, 7) is 6.00. The van der Waals surface area contributed by atoms with Crippen molar-refractivity contribution >= 4 is 6.09 Å². The zero-order valence-electron chi connectivity index (χ0n) is 8.24. The van der Waals surface area contributed by atoms with Crippen molar-refractivity contribution in [2.45, 2.75) is 26.2 Å². The fourth-order valence-corrected chi connectivity index (χ4v) is 0.790. The molecule has 1 rings (SSSR count). The van der Waals surface area contributed by atoms with E-state index in [2.05, 4.69) is 15.0 Å². The van der Waals surface area contributed by atoms with Crippen molar-refractivity contribution in [2.75, 3.05) is 7.11 Å². The Bertz CT molecular complexity index is 311. The van der Waals surface area contributed by atoms with Crippen LogP contribution in [0.15, 0.2) is 6.20 Å². The number of hydrogen-bond acceptors (Lipinski definition) is 4. The Labute approximate surface area is 76.7 Å². The summed E-state index contributed by atoms with van der Waals surface area (Å²) >= 11 is 0. The highest BCUT2D eigenvalue weighted by Gasteiger charge is 2.19. The van der Waals surface area contributed by atoms with Crippen molar-refractivity contribution in [3.63, 3.8) is 0 Å². The van der Waals surface area contributed by atoms with Gasteiger partial charge >= 0.3 is 6.09 Å². The van der Waals surface area contributed by atoms with Crippen LogP contribution < -0.4 is 0 Å². The first-order valence-corrected chi connectivity index (χ1v) is 3.96. The molecule has 5 heteroatoms. The minimum atomic E-state index is -0.525. The van der Waals surface area contributed by atoms with E-state index in [0.717, 1.165) is 10.4 Å². The summed E-state index contributed by atoms with van der Waals surface area (Å²) in [5.41, 5.74) is 0.657. The van der Waals surface area contributed by atoms with Crippen LogP contribution in [-0.2, 0) is 10.2 Å². The lowest BCUT2D eigenvalue weighted by molar-refractivity contribution is 0.168. The van der Waals surface area contributed by atoms with E-state index in [4.69, 9.17) is 0 Å². The van der Waals surface area contributed by atoms with Gasteiger partial charge in [0.25, 0.3) is 0 Å². The molecule has 5 nitrogen and oxygen atoms in total. The Morgan fingerprint density at radius 3 is 2.54 bits per heavy atom. The second kappa shape index (κ2) is 3.16. The first kappa shape index (κ1) is 9.70. The molecule has 0 amide bonds. The van der Waals surface area contributed by atoms with Gasteiger partial charge in [-0.25, -0.2) is 4.79 Å². The van der Waals surface area contributed by atoms with Crippen LogP contribution in [0.5, 0.6) is 0 Å². The topological polar surface area (TPSA) is 57.0 Å². The zero-order chi connectivity index (χ0) is 10.1. The average molecular weight is 183 g/mol. The summed E-state index contributed by atoms with van der Waals surface area (Å²) in [5.74, 6) is 0. The molecule has 0 spiro atoms. The van der Waals surface area contributed by atoms with E-state index in [9.17, 15) is 4.79 Å². The number of carbonyl (C=O) groups is 1. The normalized spacial score (nSPS) is 11.4. The minimum Gasteiger partial charge on any atom is -0.451 e. The van der Waals surface area contributed by atoms with Gasteiger partial charge in [-0.1, -0.05) is 26.0 Å². The van der Waals surface area contributed by atoms with Crippen molar-refractivity contribution in [3.8, 4) is 0 Å². The third-order valence-corrected chi connectivity index (χ3v) is 1.62. The molecule has 0 atom stereocenters. The summed E-state index contributed by atoms with van der Waals surface area (Å²) in [4.78, 5) is 11.0. The third-order valence-electron chi connectivity index (χ3n) is 1.62. The highest BCUT2D eigenvalue weighted by Crippen LogP contribution is 2.18. The molecule has 0 saturated heterocycles. The molecule has 0 N–H and O–H groups in total. The molecule has 0 bridgehead atoms. The monoisotopic (exact) mass is 183 g/mol. The second-order valence-electron chi connectivity index (χ2n) is 3.77. The van der Waals surface area contributed by atoms with Crippen LogP contribution in [0.1, 0.15) is 26.5 Å². The van der Waals surface area contributed by atoms with E-state index < -0.39 is 6.09 Å². The maximum atomic E-state index is 11.0. The van der Waals surface area contributed by atoms with Gasteiger partial charge in [0.2, 0.25) is 0 Å². The molecule has 1 aromatic heterocycles. The van der Waals surface area contributed by atoms with Gasteiger partial charge in [0, 0.05) is 5.41 Å². The summed E-state index contributed by atoms with van der Waals surface area (Å²) < 4.78 is 5.57. The van der Waals surface area contributed by atoms with Crippen molar-refractivity contribution in [1.82, 2.24) is 15.0 Å². The van der Waals surface area contributed by atoms with Crippen LogP contribution in [0.2, 0.25) is 0 Å². The molecule has 0 aliphatic carbocycles. The Morgan fingerprint density at radius 1 is 1.54 bits per heavy atom. The van der Waals surface area contributed by atoms with Crippen molar-refractivity contribution in [2.24, 2.45) is 0 Å². The standard InChI is InChI=1S/C8H13N3O2/c1-8(2,3)6-5-11(10-9-6)7(12)13-4/h5H,1-4H3. The van der Waals surface area contributed by atoms with Crippen LogP contribution >= 0.6 is 0 Å². The molecule has 0 unspecified atom stereocenters. The van der Waals surface area contributed by atoms with Gasteiger partial charge in [0.1, 0.15) is 0 Å². The maximum absolute atomic E-state index is 11.0. The molecule has 0 aliphatic rings. The quantitative estimate of drug-likeness (QED) is 0.606. The molecule has 0 fully saturated rings.